The molecule has 0 radical (unpaired) electrons. The molecule has 0 aliphatic carbocycles. The summed E-state index contributed by atoms with van der Waals surface area (Å²) in [6, 6.07) is 5.60. The van der Waals surface area contributed by atoms with E-state index in [-0.39, 0.29) is 17.4 Å². The van der Waals surface area contributed by atoms with Crippen LogP contribution in [0.2, 0.25) is 0 Å². The average molecular weight is 321 g/mol. The predicted octanol–water partition coefficient (Wildman–Crippen LogP) is 1.34. The Morgan fingerprint density at radius 1 is 1.32 bits per heavy atom. The zero-order chi connectivity index (χ0) is 16.0. The van der Waals surface area contributed by atoms with Crippen LogP contribution < -0.4 is 5.32 Å². The van der Waals surface area contributed by atoms with Gasteiger partial charge in [-0.15, -0.1) is 0 Å². The van der Waals surface area contributed by atoms with Gasteiger partial charge in [-0.3, -0.25) is 4.79 Å². The van der Waals surface area contributed by atoms with Gasteiger partial charge in [-0.2, -0.15) is 0 Å². The van der Waals surface area contributed by atoms with E-state index in [1.807, 2.05) is 42.6 Å². The number of fused-ring (bicyclic) bond motifs is 1. The van der Waals surface area contributed by atoms with Crippen LogP contribution >= 0.6 is 0 Å². The first-order valence-corrected chi connectivity index (χ1v) is 9.08. The van der Waals surface area contributed by atoms with Gasteiger partial charge in [0.15, 0.2) is 0 Å². The molecule has 1 N–H and O–H groups in total. The summed E-state index contributed by atoms with van der Waals surface area (Å²) in [7, 11) is -2.95. The molecule has 1 aliphatic heterocycles. The molecule has 1 aliphatic rings. The van der Waals surface area contributed by atoms with Gasteiger partial charge in [0, 0.05) is 11.7 Å². The van der Waals surface area contributed by atoms with Crippen molar-refractivity contribution in [2.45, 2.75) is 32.2 Å². The lowest BCUT2D eigenvalue weighted by Gasteiger charge is -2.34. The van der Waals surface area contributed by atoms with E-state index in [2.05, 4.69) is 10.3 Å². The monoisotopic (exact) mass is 321 g/mol. The molecule has 0 unspecified atom stereocenters. The highest BCUT2D eigenvalue weighted by molar-refractivity contribution is 7.91. The second-order valence-electron chi connectivity index (χ2n) is 6.14. The van der Waals surface area contributed by atoms with Crippen molar-refractivity contribution < 1.29 is 13.2 Å². The molecule has 0 aromatic carbocycles. The topological polar surface area (TPSA) is 80.5 Å². The SMILES string of the molecule is Cc1c(C(=O)NC2(C)CCS(=O)(=O)CC2)nc2ccccn12. The van der Waals surface area contributed by atoms with Crippen LogP contribution in [0.4, 0.5) is 0 Å². The van der Waals surface area contributed by atoms with Crippen LogP contribution in [0.3, 0.4) is 0 Å². The second-order valence-corrected chi connectivity index (χ2v) is 8.44. The third-order valence-corrected chi connectivity index (χ3v) is 5.98. The van der Waals surface area contributed by atoms with E-state index in [4.69, 9.17) is 0 Å². The van der Waals surface area contributed by atoms with Crippen LogP contribution in [0, 0.1) is 6.92 Å². The van der Waals surface area contributed by atoms with Crippen molar-refractivity contribution in [2.24, 2.45) is 0 Å². The molecule has 7 heteroatoms. The highest BCUT2D eigenvalue weighted by Crippen LogP contribution is 2.24. The van der Waals surface area contributed by atoms with E-state index < -0.39 is 15.4 Å². The first-order chi connectivity index (χ1) is 10.3. The minimum Gasteiger partial charge on any atom is -0.345 e. The molecular formula is C15H19N3O3S. The normalized spacial score (nSPS) is 19.9. The third-order valence-electron chi connectivity index (χ3n) is 4.33. The Morgan fingerprint density at radius 3 is 2.64 bits per heavy atom. The molecular weight excluding hydrogens is 302 g/mol. The molecule has 0 atom stereocenters. The number of hydrogen-bond acceptors (Lipinski definition) is 4. The summed E-state index contributed by atoms with van der Waals surface area (Å²) in [5, 5.41) is 2.97. The first kappa shape index (κ1) is 15.0. The van der Waals surface area contributed by atoms with Crippen LogP contribution in [0.25, 0.3) is 5.65 Å². The molecule has 1 amide bonds. The van der Waals surface area contributed by atoms with Crippen LogP contribution in [-0.4, -0.2) is 40.8 Å². The van der Waals surface area contributed by atoms with Crippen LogP contribution in [0.1, 0.15) is 35.9 Å². The van der Waals surface area contributed by atoms with E-state index in [1.54, 1.807) is 0 Å². The third kappa shape index (κ3) is 2.72. The second kappa shape index (κ2) is 5.08. The largest absolute Gasteiger partial charge is 0.345 e. The number of sulfone groups is 1. The predicted molar refractivity (Wildman–Crippen MR) is 83.7 cm³/mol. The van der Waals surface area contributed by atoms with Crippen LogP contribution in [0.5, 0.6) is 0 Å². The number of aryl methyl sites for hydroxylation is 1. The van der Waals surface area contributed by atoms with Gasteiger partial charge in [0.25, 0.3) is 5.91 Å². The van der Waals surface area contributed by atoms with Gasteiger partial charge in [0.1, 0.15) is 21.2 Å². The van der Waals surface area contributed by atoms with Crippen molar-refractivity contribution in [3.05, 3.63) is 35.8 Å². The summed E-state index contributed by atoms with van der Waals surface area (Å²) in [4.78, 5) is 16.9. The summed E-state index contributed by atoms with van der Waals surface area (Å²) in [6.07, 6.45) is 2.74. The average Bonchev–Trinajstić information content (AvgIpc) is 2.81. The van der Waals surface area contributed by atoms with Crippen molar-refractivity contribution in [3.8, 4) is 0 Å². The summed E-state index contributed by atoms with van der Waals surface area (Å²) in [5.74, 6) is -0.00927. The maximum atomic E-state index is 12.5. The molecule has 118 valence electrons. The number of hydrogen-bond donors (Lipinski definition) is 1. The molecule has 1 fully saturated rings. The molecule has 6 nitrogen and oxygen atoms in total. The highest BCUT2D eigenvalue weighted by atomic mass is 32.2. The van der Waals surface area contributed by atoms with E-state index in [9.17, 15) is 13.2 Å². The Morgan fingerprint density at radius 2 is 2.00 bits per heavy atom. The van der Waals surface area contributed by atoms with Gasteiger partial charge < -0.3 is 9.72 Å². The summed E-state index contributed by atoms with van der Waals surface area (Å²) < 4.78 is 24.9. The minimum absolute atomic E-state index is 0.119. The molecule has 0 spiro atoms. The van der Waals surface area contributed by atoms with Crippen LogP contribution in [0.15, 0.2) is 24.4 Å². The van der Waals surface area contributed by atoms with Crippen molar-refractivity contribution >= 4 is 21.4 Å². The van der Waals surface area contributed by atoms with Gasteiger partial charge in [-0.05, 0) is 38.8 Å². The number of nitrogens with zero attached hydrogens (tertiary/aromatic N) is 2. The van der Waals surface area contributed by atoms with Gasteiger partial charge in [0.05, 0.1) is 17.2 Å². The number of rotatable bonds is 2. The molecule has 0 bridgehead atoms. The minimum atomic E-state index is -2.95. The molecule has 2 aromatic heterocycles. The van der Waals surface area contributed by atoms with E-state index in [0.29, 0.717) is 18.5 Å². The Labute approximate surface area is 129 Å². The smallest absolute Gasteiger partial charge is 0.272 e. The van der Waals surface area contributed by atoms with Crippen molar-refractivity contribution in [2.75, 3.05) is 11.5 Å². The zero-order valence-electron chi connectivity index (χ0n) is 12.7. The molecule has 22 heavy (non-hydrogen) atoms. The zero-order valence-corrected chi connectivity index (χ0v) is 13.5. The van der Waals surface area contributed by atoms with E-state index in [0.717, 1.165) is 11.3 Å². The van der Waals surface area contributed by atoms with Gasteiger partial charge in [0.2, 0.25) is 0 Å². The molecule has 1 saturated heterocycles. The Kier molecular flexibility index (Phi) is 3.47. The molecule has 3 rings (SSSR count). The van der Waals surface area contributed by atoms with Gasteiger partial charge in [-0.25, -0.2) is 13.4 Å². The summed E-state index contributed by atoms with van der Waals surface area (Å²) in [5.41, 5.74) is 1.40. The Bertz CT molecular complexity index is 825. The van der Waals surface area contributed by atoms with Crippen molar-refractivity contribution in [1.29, 1.82) is 0 Å². The maximum Gasteiger partial charge on any atom is 0.272 e. The summed E-state index contributed by atoms with van der Waals surface area (Å²) in [6.45, 7) is 3.74. The van der Waals surface area contributed by atoms with Crippen LogP contribution in [-0.2, 0) is 9.84 Å². The fourth-order valence-corrected chi connectivity index (χ4v) is 4.51. The van der Waals surface area contributed by atoms with Crippen molar-refractivity contribution in [3.63, 3.8) is 0 Å². The standard InChI is InChI=1S/C15H19N3O3S/c1-11-13(16-12-5-3-4-8-18(11)12)14(19)17-15(2)6-9-22(20,21)10-7-15/h3-5,8H,6-7,9-10H2,1-2H3,(H,17,19). The van der Waals surface area contributed by atoms with E-state index >= 15 is 0 Å². The number of pyridine rings is 1. The molecule has 3 heterocycles. The number of aromatic nitrogens is 2. The molecule has 0 saturated carbocycles. The van der Waals surface area contributed by atoms with E-state index in [1.165, 1.54) is 0 Å². The number of carbonyl (C=O) groups excluding carboxylic acids is 1. The van der Waals surface area contributed by atoms with Gasteiger partial charge >= 0.3 is 0 Å². The van der Waals surface area contributed by atoms with Gasteiger partial charge in [-0.1, -0.05) is 6.07 Å². The fourth-order valence-electron chi connectivity index (χ4n) is 2.78. The number of carbonyl (C=O) groups is 1. The number of nitrogens with one attached hydrogen (secondary N) is 1. The lowest BCUT2D eigenvalue weighted by molar-refractivity contribution is 0.0894. The number of amides is 1. The Hall–Kier alpha value is -1.89. The van der Waals surface area contributed by atoms with Crippen molar-refractivity contribution in [1.82, 2.24) is 14.7 Å². The first-order valence-electron chi connectivity index (χ1n) is 7.26. The maximum absolute atomic E-state index is 12.5. The Balaban J connectivity index is 1.83. The lowest BCUT2D eigenvalue weighted by atomic mass is 9.94. The fraction of sp³-hybridized carbons (Fsp3) is 0.467. The summed E-state index contributed by atoms with van der Waals surface area (Å²) >= 11 is 0. The molecule has 2 aromatic rings. The highest BCUT2D eigenvalue weighted by Gasteiger charge is 2.35. The quantitative estimate of drug-likeness (QED) is 0.905. The number of imidazole rings is 1. The lowest BCUT2D eigenvalue weighted by Crippen LogP contribution is -2.51.